The second-order valence-corrected chi connectivity index (χ2v) is 5.06. The second-order valence-electron chi connectivity index (χ2n) is 3.84. The Kier molecular flexibility index (Phi) is 3.81. The topological polar surface area (TPSA) is 3.24 Å². The fourth-order valence-corrected chi connectivity index (χ4v) is 3.15. The molecular formula is C12H16ClNS. The molecule has 0 amide bonds. The van der Waals surface area contributed by atoms with Crippen LogP contribution in [-0.4, -0.2) is 19.3 Å². The monoisotopic (exact) mass is 241 g/mol. The Morgan fingerprint density at radius 1 is 1.20 bits per heavy atom. The highest BCUT2D eigenvalue weighted by atomic mass is 35.5. The predicted molar refractivity (Wildman–Crippen MR) is 69.3 cm³/mol. The van der Waals surface area contributed by atoms with Crippen LogP contribution in [0.5, 0.6) is 0 Å². The Morgan fingerprint density at radius 2 is 1.93 bits per heavy atom. The normalized spacial score (nSPS) is 16.8. The van der Waals surface area contributed by atoms with Crippen molar-refractivity contribution >= 4 is 29.1 Å². The van der Waals surface area contributed by atoms with E-state index in [9.17, 15) is 0 Å². The number of anilines is 1. The largest absolute Gasteiger partial charge is 0.371 e. The summed E-state index contributed by atoms with van der Waals surface area (Å²) in [5, 5.41) is 0.880. The molecule has 1 aromatic carbocycles. The van der Waals surface area contributed by atoms with Gasteiger partial charge >= 0.3 is 0 Å². The summed E-state index contributed by atoms with van der Waals surface area (Å²) < 4.78 is 0. The van der Waals surface area contributed by atoms with Crippen molar-refractivity contribution in [2.45, 2.75) is 24.2 Å². The van der Waals surface area contributed by atoms with Crippen molar-refractivity contribution in [2.24, 2.45) is 0 Å². The number of hydrogen-bond acceptors (Lipinski definition) is 2. The van der Waals surface area contributed by atoms with Crippen LogP contribution in [0.1, 0.15) is 19.3 Å². The summed E-state index contributed by atoms with van der Waals surface area (Å²) in [4.78, 5) is 3.68. The second kappa shape index (κ2) is 5.13. The molecule has 1 aliphatic heterocycles. The van der Waals surface area contributed by atoms with Gasteiger partial charge in [-0.1, -0.05) is 17.7 Å². The van der Waals surface area contributed by atoms with Crippen LogP contribution in [0.25, 0.3) is 0 Å². The lowest BCUT2D eigenvalue weighted by molar-refractivity contribution is 0.575. The lowest BCUT2D eigenvalue weighted by atomic mass is 10.1. The van der Waals surface area contributed by atoms with Crippen LogP contribution in [-0.2, 0) is 0 Å². The Morgan fingerprint density at radius 3 is 2.60 bits per heavy atom. The molecule has 0 spiro atoms. The number of thioether (sulfide) groups is 1. The van der Waals surface area contributed by atoms with Gasteiger partial charge < -0.3 is 4.90 Å². The zero-order valence-corrected chi connectivity index (χ0v) is 10.6. The molecule has 0 aromatic heterocycles. The first-order valence-electron chi connectivity index (χ1n) is 5.40. The third-order valence-corrected chi connectivity index (χ3v) is 4.11. The Balaban J connectivity index is 2.29. The summed E-state index contributed by atoms with van der Waals surface area (Å²) in [5.74, 6) is 0. The van der Waals surface area contributed by atoms with Gasteiger partial charge in [0.25, 0.3) is 0 Å². The average Bonchev–Trinajstić information content (AvgIpc) is 2.30. The third-order valence-electron chi connectivity index (χ3n) is 2.85. The van der Waals surface area contributed by atoms with Crippen molar-refractivity contribution in [3.05, 3.63) is 23.2 Å². The molecule has 1 saturated heterocycles. The maximum atomic E-state index is 6.20. The molecule has 0 saturated carbocycles. The van der Waals surface area contributed by atoms with Crippen LogP contribution in [0.4, 0.5) is 5.69 Å². The smallest absolute Gasteiger partial charge is 0.0562 e. The van der Waals surface area contributed by atoms with Gasteiger partial charge in [-0.2, -0.15) is 0 Å². The van der Waals surface area contributed by atoms with Gasteiger partial charge in [0.2, 0.25) is 0 Å². The summed E-state index contributed by atoms with van der Waals surface area (Å²) in [7, 11) is 0. The predicted octanol–water partition coefficient (Wildman–Crippen LogP) is 4.05. The first kappa shape index (κ1) is 11.2. The minimum atomic E-state index is 0.880. The van der Waals surface area contributed by atoms with E-state index < -0.39 is 0 Å². The summed E-state index contributed by atoms with van der Waals surface area (Å²) in [6, 6.07) is 6.20. The van der Waals surface area contributed by atoms with Crippen LogP contribution in [0, 0.1) is 0 Å². The van der Waals surface area contributed by atoms with E-state index in [1.54, 1.807) is 11.8 Å². The van der Waals surface area contributed by atoms with E-state index in [0.29, 0.717) is 0 Å². The van der Waals surface area contributed by atoms with E-state index in [1.807, 2.05) is 12.1 Å². The molecule has 1 heterocycles. The van der Waals surface area contributed by atoms with E-state index in [-0.39, 0.29) is 0 Å². The molecule has 0 unspecified atom stereocenters. The van der Waals surface area contributed by atoms with E-state index in [2.05, 4.69) is 17.2 Å². The SMILES string of the molecule is CSc1c(Cl)cccc1N1CCCCC1. The summed E-state index contributed by atoms with van der Waals surface area (Å²) in [5.41, 5.74) is 1.31. The van der Waals surface area contributed by atoms with Gasteiger partial charge in [-0.15, -0.1) is 11.8 Å². The van der Waals surface area contributed by atoms with Gasteiger partial charge in [0.15, 0.2) is 0 Å². The Hall–Kier alpha value is -0.340. The highest BCUT2D eigenvalue weighted by Gasteiger charge is 2.15. The van der Waals surface area contributed by atoms with E-state index in [0.717, 1.165) is 5.02 Å². The molecule has 0 radical (unpaired) electrons. The zero-order valence-electron chi connectivity index (χ0n) is 9.00. The van der Waals surface area contributed by atoms with Gasteiger partial charge in [-0.3, -0.25) is 0 Å². The Labute approximate surface area is 101 Å². The van der Waals surface area contributed by atoms with Gasteiger partial charge in [-0.05, 0) is 37.7 Å². The van der Waals surface area contributed by atoms with Gasteiger partial charge in [0, 0.05) is 18.0 Å². The van der Waals surface area contributed by atoms with Gasteiger partial charge in [-0.25, -0.2) is 0 Å². The van der Waals surface area contributed by atoms with Crippen LogP contribution >= 0.6 is 23.4 Å². The molecule has 2 rings (SSSR count). The average molecular weight is 242 g/mol. The number of halogens is 1. The zero-order chi connectivity index (χ0) is 10.7. The quantitative estimate of drug-likeness (QED) is 0.719. The van der Waals surface area contributed by atoms with Crippen LogP contribution in [0.2, 0.25) is 5.02 Å². The number of hydrogen-bond donors (Lipinski definition) is 0. The number of rotatable bonds is 2. The lowest BCUT2D eigenvalue weighted by Crippen LogP contribution is -2.29. The van der Waals surface area contributed by atoms with Crippen molar-refractivity contribution in [2.75, 3.05) is 24.2 Å². The number of benzene rings is 1. The molecule has 1 aromatic rings. The van der Waals surface area contributed by atoms with Crippen LogP contribution in [0.3, 0.4) is 0 Å². The van der Waals surface area contributed by atoms with Crippen LogP contribution < -0.4 is 4.90 Å². The maximum absolute atomic E-state index is 6.20. The lowest BCUT2D eigenvalue weighted by Gasteiger charge is -2.30. The van der Waals surface area contributed by atoms with Gasteiger partial charge in [0.05, 0.1) is 10.7 Å². The van der Waals surface area contributed by atoms with E-state index >= 15 is 0 Å². The number of nitrogens with zero attached hydrogens (tertiary/aromatic N) is 1. The fourth-order valence-electron chi connectivity index (χ4n) is 2.08. The summed E-state index contributed by atoms with van der Waals surface area (Å²) in [6.07, 6.45) is 6.07. The molecule has 15 heavy (non-hydrogen) atoms. The van der Waals surface area contributed by atoms with Crippen LogP contribution in [0.15, 0.2) is 23.1 Å². The molecule has 1 fully saturated rings. The molecule has 0 aliphatic carbocycles. The van der Waals surface area contributed by atoms with Crippen molar-refractivity contribution in [3.8, 4) is 0 Å². The summed E-state index contributed by atoms with van der Waals surface area (Å²) in [6.45, 7) is 2.35. The van der Waals surface area contributed by atoms with Crippen molar-refractivity contribution in [3.63, 3.8) is 0 Å². The van der Waals surface area contributed by atoms with Crippen molar-refractivity contribution < 1.29 is 0 Å². The molecule has 1 nitrogen and oxygen atoms in total. The molecule has 1 aliphatic rings. The third kappa shape index (κ3) is 2.43. The molecule has 0 N–H and O–H groups in total. The number of piperidine rings is 1. The summed E-state index contributed by atoms with van der Waals surface area (Å²) >= 11 is 7.94. The van der Waals surface area contributed by atoms with Gasteiger partial charge in [0.1, 0.15) is 0 Å². The molecule has 82 valence electrons. The molecule has 0 atom stereocenters. The molecular weight excluding hydrogens is 226 g/mol. The standard InChI is InChI=1S/C12H16ClNS/c1-15-12-10(13)6-5-7-11(12)14-8-3-2-4-9-14/h5-7H,2-4,8-9H2,1H3. The maximum Gasteiger partial charge on any atom is 0.0562 e. The Bertz CT molecular complexity index is 334. The minimum absolute atomic E-state index is 0.880. The van der Waals surface area contributed by atoms with Crippen molar-refractivity contribution in [1.82, 2.24) is 0 Å². The van der Waals surface area contributed by atoms with E-state index in [4.69, 9.17) is 11.6 Å². The van der Waals surface area contributed by atoms with Crippen molar-refractivity contribution in [1.29, 1.82) is 0 Å². The highest BCUT2D eigenvalue weighted by Crippen LogP contribution is 2.35. The molecule has 0 bridgehead atoms. The highest BCUT2D eigenvalue weighted by molar-refractivity contribution is 7.98. The first-order valence-corrected chi connectivity index (χ1v) is 7.00. The molecule has 3 heteroatoms. The van der Waals surface area contributed by atoms with E-state index in [1.165, 1.54) is 42.9 Å². The fraction of sp³-hybridized carbons (Fsp3) is 0.500. The minimum Gasteiger partial charge on any atom is -0.371 e. The first-order chi connectivity index (χ1) is 7.33.